The fourth-order valence-electron chi connectivity index (χ4n) is 3.76. The van der Waals surface area contributed by atoms with Gasteiger partial charge in [-0.1, -0.05) is 78.4 Å². The Morgan fingerprint density at radius 1 is 0.794 bits per heavy atom. The number of carbonyl (C=O) groups excluding carboxylic acids is 1. The maximum atomic E-state index is 12.9. The quantitative estimate of drug-likeness (QED) is 0.215. The van der Waals surface area contributed by atoms with Gasteiger partial charge in [-0.15, -0.1) is 0 Å². The molecule has 164 valence electrons. The third-order valence-electron chi connectivity index (χ3n) is 5.63. The number of allylic oxidation sites excluding steroid dienone is 1. The van der Waals surface area contributed by atoms with Crippen LogP contribution in [0.2, 0.25) is 0 Å². The van der Waals surface area contributed by atoms with Gasteiger partial charge in [0.15, 0.2) is 5.78 Å². The summed E-state index contributed by atoms with van der Waals surface area (Å²) >= 11 is 0. The van der Waals surface area contributed by atoms with E-state index >= 15 is 0 Å². The summed E-state index contributed by atoms with van der Waals surface area (Å²) in [5, 5.41) is 4.82. The number of hydrogen-bond donors (Lipinski definition) is 0. The summed E-state index contributed by atoms with van der Waals surface area (Å²) in [5.74, 6) is -0.0603. The molecule has 0 aliphatic carbocycles. The molecule has 0 fully saturated rings. The molecule has 4 nitrogen and oxygen atoms in total. The number of benzene rings is 3. The fourth-order valence-corrected chi connectivity index (χ4v) is 3.76. The second kappa shape index (κ2) is 9.51. The number of para-hydroxylation sites is 1. The number of rotatable bonds is 6. The van der Waals surface area contributed by atoms with Gasteiger partial charge in [0, 0.05) is 34.6 Å². The van der Waals surface area contributed by atoms with Crippen LogP contribution in [0.4, 0.5) is 0 Å². The van der Waals surface area contributed by atoms with Crippen LogP contribution in [0.15, 0.2) is 116 Å². The maximum absolute atomic E-state index is 12.9. The highest BCUT2D eigenvalue weighted by molar-refractivity contribution is 6.07. The van der Waals surface area contributed by atoms with Gasteiger partial charge in [-0.25, -0.2) is 4.68 Å². The molecule has 0 unspecified atom stereocenters. The number of aromatic nitrogens is 3. The van der Waals surface area contributed by atoms with Crippen molar-refractivity contribution < 1.29 is 4.79 Å². The SMILES string of the molecule is Cc1ccc(-c2nn(-c3ccccc3)cc2/C=C/C(=O)c2ccc(-c3ccccn3)cc2)cc1. The number of ketones is 1. The van der Waals surface area contributed by atoms with Crippen molar-refractivity contribution in [3.05, 3.63) is 132 Å². The second-order valence-corrected chi connectivity index (χ2v) is 8.07. The molecule has 0 amide bonds. The van der Waals surface area contributed by atoms with Crippen LogP contribution in [-0.2, 0) is 0 Å². The number of aryl methyl sites for hydroxylation is 1. The molecule has 0 aliphatic heterocycles. The lowest BCUT2D eigenvalue weighted by molar-refractivity contribution is 0.104. The first-order valence-electron chi connectivity index (χ1n) is 11.1. The second-order valence-electron chi connectivity index (χ2n) is 8.07. The van der Waals surface area contributed by atoms with Gasteiger partial charge in [-0.05, 0) is 43.3 Å². The van der Waals surface area contributed by atoms with Gasteiger partial charge >= 0.3 is 0 Å². The van der Waals surface area contributed by atoms with E-state index in [-0.39, 0.29) is 5.78 Å². The molecule has 0 aliphatic rings. The lowest BCUT2D eigenvalue weighted by Gasteiger charge is -2.02. The Morgan fingerprint density at radius 3 is 2.21 bits per heavy atom. The van der Waals surface area contributed by atoms with Crippen LogP contribution in [0.5, 0.6) is 0 Å². The molecular formula is C30H23N3O. The molecule has 0 radical (unpaired) electrons. The summed E-state index contributed by atoms with van der Waals surface area (Å²) in [6.07, 6.45) is 7.17. The molecule has 2 heterocycles. The van der Waals surface area contributed by atoms with E-state index in [1.807, 2.05) is 89.8 Å². The van der Waals surface area contributed by atoms with Crippen LogP contribution < -0.4 is 0 Å². The monoisotopic (exact) mass is 441 g/mol. The highest BCUT2D eigenvalue weighted by atomic mass is 16.1. The Hall–Kier alpha value is -4.57. The number of carbonyl (C=O) groups is 1. The van der Waals surface area contributed by atoms with E-state index in [2.05, 4.69) is 36.2 Å². The number of hydrogen-bond acceptors (Lipinski definition) is 3. The van der Waals surface area contributed by atoms with E-state index < -0.39 is 0 Å². The Labute approximate surface area is 198 Å². The van der Waals surface area contributed by atoms with Crippen molar-refractivity contribution in [2.75, 3.05) is 0 Å². The van der Waals surface area contributed by atoms with Crippen LogP contribution >= 0.6 is 0 Å². The molecule has 5 aromatic rings. The zero-order valence-corrected chi connectivity index (χ0v) is 18.8. The average molecular weight is 442 g/mol. The maximum Gasteiger partial charge on any atom is 0.185 e. The molecule has 0 saturated heterocycles. The van der Waals surface area contributed by atoms with Gasteiger partial charge < -0.3 is 0 Å². The minimum absolute atomic E-state index is 0.0603. The molecular weight excluding hydrogens is 418 g/mol. The number of pyridine rings is 1. The van der Waals surface area contributed by atoms with Crippen LogP contribution in [-0.4, -0.2) is 20.5 Å². The Balaban J connectivity index is 1.44. The molecule has 0 spiro atoms. The van der Waals surface area contributed by atoms with E-state index in [4.69, 9.17) is 5.10 Å². The Morgan fingerprint density at radius 2 is 1.50 bits per heavy atom. The largest absolute Gasteiger partial charge is 0.289 e. The standard InChI is InChI=1S/C30H23N3O/c1-22-10-12-25(13-11-22)30-26(21-33(32-30)27-7-3-2-4-8-27)18-19-29(34)24-16-14-23(15-17-24)28-9-5-6-20-31-28/h2-21H,1H3/b19-18+. The molecule has 34 heavy (non-hydrogen) atoms. The van der Waals surface area contributed by atoms with Crippen molar-refractivity contribution in [1.29, 1.82) is 0 Å². The molecule has 0 atom stereocenters. The molecule has 0 bridgehead atoms. The fraction of sp³-hybridized carbons (Fsp3) is 0.0333. The summed E-state index contributed by atoms with van der Waals surface area (Å²) in [5.41, 5.74) is 7.36. The molecule has 4 heteroatoms. The van der Waals surface area contributed by atoms with Gasteiger partial charge in [-0.2, -0.15) is 5.10 Å². The normalized spacial score (nSPS) is 11.1. The first-order valence-corrected chi connectivity index (χ1v) is 11.1. The molecule has 0 saturated carbocycles. The van der Waals surface area contributed by atoms with E-state index in [1.54, 1.807) is 12.3 Å². The van der Waals surface area contributed by atoms with E-state index in [1.165, 1.54) is 5.56 Å². The molecule has 5 rings (SSSR count). The minimum atomic E-state index is -0.0603. The van der Waals surface area contributed by atoms with Gasteiger partial charge in [-0.3, -0.25) is 9.78 Å². The molecule has 3 aromatic carbocycles. The lowest BCUT2D eigenvalue weighted by atomic mass is 10.0. The highest BCUT2D eigenvalue weighted by Crippen LogP contribution is 2.26. The van der Waals surface area contributed by atoms with E-state index in [0.29, 0.717) is 5.56 Å². The van der Waals surface area contributed by atoms with E-state index in [9.17, 15) is 4.79 Å². The summed E-state index contributed by atoms with van der Waals surface area (Å²) in [6.45, 7) is 2.06. The predicted octanol–water partition coefficient (Wildman–Crippen LogP) is 6.81. The Bertz CT molecular complexity index is 1430. The van der Waals surface area contributed by atoms with Crippen LogP contribution in [0, 0.1) is 6.92 Å². The highest BCUT2D eigenvalue weighted by Gasteiger charge is 2.11. The van der Waals surface area contributed by atoms with Gasteiger partial charge in [0.2, 0.25) is 0 Å². The first-order chi connectivity index (χ1) is 16.7. The zero-order valence-electron chi connectivity index (χ0n) is 18.8. The first kappa shape index (κ1) is 21.3. The van der Waals surface area contributed by atoms with Crippen molar-refractivity contribution in [2.45, 2.75) is 6.92 Å². The topological polar surface area (TPSA) is 47.8 Å². The smallest absolute Gasteiger partial charge is 0.185 e. The van der Waals surface area contributed by atoms with Gasteiger partial charge in [0.25, 0.3) is 0 Å². The summed E-state index contributed by atoms with van der Waals surface area (Å²) in [7, 11) is 0. The Kier molecular flexibility index (Phi) is 5.95. The van der Waals surface area contributed by atoms with Crippen molar-refractivity contribution in [3.63, 3.8) is 0 Å². The van der Waals surface area contributed by atoms with Crippen molar-refractivity contribution >= 4 is 11.9 Å². The van der Waals surface area contributed by atoms with Gasteiger partial charge in [0.05, 0.1) is 17.1 Å². The van der Waals surface area contributed by atoms with Crippen LogP contribution in [0.25, 0.3) is 34.3 Å². The van der Waals surface area contributed by atoms with Crippen LogP contribution in [0.1, 0.15) is 21.5 Å². The molecule has 0 N–H and O–H groups in total. The number of nitrogens with zero attached hydrogens (tertiary/aromatic N) is 3. The van der Waals surface area contributed by atoms with Crippen molar-refractivity contribution in [1.82, 2.24) is 14.8 Å². The summed E-state index contributed by atoms with van der Waals surface area (Å²) in [4.78, 5) is 17.3. The average Bonchev–Trinajstić information content (AvgIpc) is 3.33. The van der Waals surface area contributed by atoms with Crippen molar-refractivity contribution in [2.24, 2.45) is 0 Å². The van der Waals surface area contributed by atoms with E-state index in [0.717, 1.165) is 33.8 Å². The lowest BCUT2D eigenvalue weighted by Crippen LogP contribution is -1.94. The zero-order chi connectivity index (χ0) is 23.3. The molecule has 2 aromatic heterocycles. The summed E-state index contributed by atoms with van der Waals surface area (Å²) < 4.78 is 1.85. The minimum Gasteiger partial charge on any atom is -0.289 e. The summed E-state index contributed by atoms with van der Waals surface area (Å²) in [6, 6.07) is 31.5. The van der Waals surface area contributed by atoms with Crippen molar-refractivity contribution in [3.8, 4) is 28.2 Å². The van der Waals surface area contributed by atoms with Crippen LogP contribution in [0.3, 0.4) is 0 Å². The predicted molar refractivity (Wildman–Crippen MR) is 137 cm³/mol. The third kappa shape index (κ3) is 4.62. The third-order valence-corrected chi connectivity index (χ3v) is 5.63. The van der Waals surface area contributed by atoms with Gasteiger partial charge in [0.1, 0.15) is 0 Å².